The molecule has 0 spiro atoms. The zero-order chi connectivity index (χ0) is 25.3. The lowest BCUT2D eigenvalue weighted by Crippen LogP contribution is -2.45. The molecule has 184 valence electrons. The van der Waals surface area contributed by atoms with Crippen LogP contribution in [-0.2, 0) is 33.3 Å². The standard InChI is InChI=1S/C22H26N2O10/c1-4-8-31-17(25)10-22(30,20(28)32-9-5-2)11-18(26)33-13-15-6-7-16(34-15)24-12-14(3)19(27)23-21(24)29/h4-7,12,15-16,30H,1-2,8-11,13H2,3H3,(H,23,27,29)/t15-,16+,22?/m0/s1. The second-order valence-corrected chi connectivity index (χ2v) is 7.36. The van der Waals surface area contributed by atoms with Crippen molar-refractivity contribution in [1.29, 1.82) is 0 Å². The number of aliphatic hydroxyl groups is 1. The number of hydrogen-bond donors (Lipinski definition) is 2. The van der Waals surface area contributed by atoms with E-state index >= 15 is 0 Å². The van der Waals surface area contributed by atoms with Crippen LogP contribution in [0.1, 0.15) is 24.6 Å². The molecule has 0 amide bonds. The molecule has 1 aromatic heterocycles. The molecule has 12 heteroatoms. The largest absolute Gasteiger partial charge is 0.462 e. The van der Waals surface area contributed by atoms with Gasteiger partial charge in [0.2, 0.25) is 0 Å². The van der Waals surface area contributed by atoms with Crippen molar-refractivity contribution in [3.05, 3.63) is 70.1 Å². The Morgan fingerprint density at radius 3 is 2.38 bits per heavy atom. The number of ether oxygens (including phenoxy) is 4. The molecule has 1 aromatic rings. The molecule has 34 heavy (non-hydrogen) atoms. The van der Waals surface area contributed by atoms with Crippen molar-refractivity contribution < 1.29 is 38.4 Å². The molecule has 0 saturated carbocycles. The summed E-state index contributed by atoms with van der Waals surface area (Å²) < 4.78 is 21.4. The maximum absolute atomic E-state index is 12.3. The van der Waals surface area contributed by atoms with Crippen LogP contribution >= 0.6 is 0 Å². The van der Waals surface area contributed by atoms with Gasteiger partial charge >= 0.3 is 23.6 Å². The number of carbonyl (C=O) groups is 3. The summed E-state index contributed by atoms with van der Waals surface area (Å²) in [4.78, 5) is 62.1. The fourth-order valence-corrected chi connectivity index (χ4v) is 2.90. The van der Waals surface area contributed by atoms with Gasteiger partial charge in [0.15, 0.2) is 11.8 Å². The number of nitrogens with one attached hydrogen (secondary N) is 1. The predicted octanol–water partition coefficient (Wildman–Crippen LogP) is -0.188. The lowest BCUT2D eigenvalue weighted by molar-refractivity contribution is -0.177. The van der Waals surface area contributed by atoms with E-state index in [4.69, 9.17) is 18.9 Å². The molecule has 1 unspecified atom stereocenters. The third-order valence-electron chi connectivity index (χ3n) is 4.58. The predicted molar refractivity (Wildman–Crippen MR) is 117 cm³/mol. The van der Waals surface area contributed by atoms with Crippen LogP contribution in [0.3, 0.4) is 0 Å². The first-order chi connectivity index (χ1) is 16.1. The van der Waals surface area contributed by atoms with Crippen LogP contribution in [-0.4, -0.2) is 64.1 Å². The number of aromatic nitrogens is 2. The van der Waals surface area contributed by atoms with E-state index in [0.29, 0.717) is 5.56 Å². The Morgan fingerprint density at radius 1 is 1.12 bits per heavy atom. The van der Waals surface area contributed by atoms with Gasteiger partial charge in [0.05, 0.1) is 12.8 Å². The van der Waals surface area contributed by atoms with Gasteiger partial charge in [-0.2, -0.15) is 0 Å². The Hall–Kier alpha value is -3.77. The van der Waals surface area contributed by atoms with Gasteiger partial charge in [-0.05, 0) is 13.0 Å². The van der Waals surface area contributed by atoms with E-state index in [0.717, 1.165) is 4.57 Å². The van der Waals surface area contributed by atoms with Crippen LogP contribution in [0, 0.1) is 6.92 Å². The van der Waals surface area contributed by atoms with Crippen molar-refractivity contribution in [2.24, 2.45) is 0 Å². The van der Waals surface area contributed by atoms with E-state index in [1.54, 1.807) is 6.08 Å². The Morgan fingerprint density at radius 2 is 1.74 bits per heavy atom. The van der Waals surface area contributed by atoms with Crippen molar-refractivity contribution in [2.45, 2.75) is 37.7 Å². The number of nitrogens with zero attached hydrogens (tertiary/aromatic N) is 1. The molecule has 2 heterocycles. The van der Waals surface area contributed by atoms with Crippen molar-refractivity contribution in [3.63, 3.8) is 0 Å². The second kappa shape index (κ2) is 11.9. The molecule has 1 aliphatic heterocycles. The smallest absolute Gasteiger partial charge is 0.339 e. The van der Waals surface area contributed by atoms with Gasteiger partial charge in [-0.15, -0.1) is 0 Å². The average molecular weight is 478 g/mol. The Labute approximate surface area is 194 Å². The minimum Gasteiger partial charge on any atom is -0.462 e. The molecule has 0 aromatic carbocycles. The molecule has 0 aliphatic carbocycles. The molecule has 12 nitrogen and oxygen atoms in total. The number of H-pyrrole nitrogens is 1. The second-order valence-electron chi connectivity index (χ2n) is 7.36. The van der Waals surface area contributed by atoms with Crippen molar-refractivity contribution in [1.82, 2.24) is 9.55 Å². The number of hydrogen-bond acceptors (Lipinski definition) is 10. The van der Waals surface area contributed by atoms with Gasteiger partial charge in [0.1, 0.15) is 25.9 Å². The maximum atomic E-state index is 12.3. The molecule has 2 rings (SSSR count). The third-order valence-corrected chi connectivity index (χ3v) is 4.58. The zero-order valence-corrected chi connectivity index (χ0v) is 18.6. The fourth-order valence-electron chi connectivity index (χ4n) is 2.90. The lowest BCUT2D eigenvalue weighted by atomic mass is 9.95. The zero-order valence-electron chi connectivity index (χ0n) is 18.6. The minimum absolute atomic E-state index is 0.147. The first-order valence-electron chi connectivity index (χ1n) is 10.2. The van der Waals surface area contributed by atoms with Crippen molar-refractivity contribution in [3.8, 4) is 0 Å². The summed E-state index contributed by atoms with van der Waals surface area (Å²) in [5, 5.41) is 10.7. The summed E-state index contributed by atoms with van der Waals surface area (Å²) in [6.45, 7) is 7.60. The van der Waals surface area contributed by atoms with E-state index in [1.165, 1.54) is 31.3 Å². The minimum atomic E-state index is -2.52. The van der Waals surface area contributed by atoms with Crippen LogP contribution in [0.15, 0.2) is 53.2 Å². The van der Waals surface area contributed by atoms with Crippen molar-refractivity contribution in [2.75, 3.05) is 19.8 Å². The van der Waals surface area contributed by atoms with Crippen LogP contribution < -0.4 is 11.2 Å². The molecule has 0 fully saturated rings. The summed E-state index contributed by atoms with van der Waals surface area (Å²) in [6.07, 6.45) is 3.66. The maximum Gasteiger partial charge on any atom is 0.339 e. The molecular weight excluding hydrogens is 452 g/mol. The summed E-state index contributed by atoms with van der Waals surface area (Å²) in [5.41, 5.74) is -3.40. The fraction of sp³-hybridized carbons (Fsp3) is 0.409. The first kappa shape index (κ1) is 26.5. The van der Waals surface area contributed by atoms with Crippen LogP contribution in [0.25, 0.3) is 0 Å². The van der Waals surface area contributed by atoms with Gasteiger partial charge in [-0.25, -0.2) is 9.59 Å². The average Bonchev–Trinajstić information content (AvgIpc) is 3.25. The number of aromatic amines is 1. The SMILES string of the molecule is C=CCOC(=O)CC(O)(CC(=O)OC[C@@H]1C=C[C@H](n2cc(C)c(=O)[nH]c2=O)O1)C(=O)OCC=C. The molecule has 0 saturated heterocycles. The number of esters is 3. The first-order valence-corrected chi connectivity index (χ1v) is 10.2. The van der Waals surface area contributed by atoms with Crippen LogP contribution in [0.4, 0.5) is 0 Å². The normalized spacial score (nSPS) is 18.5. The number of aryl methyl sites for hydroxylation is 1. The molecule has 3 atom stereocenters. The highest BCUT2D eigenvalue weighted by Crippen LogP contribution is 2.22. The number of carbonyl (C=O) groups excluding carboxylic acids is 3. The highest BCUT2D eigenvalue weighted by molar-refractivity contribution is 5.90. The van der Waals surface area contributed by atoms with Gasteiger partial charge < -0.3 is 24.1 Å². The van der Waals surface area contributed by atoms with Crippen molar-refractivity contribution >= 4 is 17.9 Å². The van der Waals surface area contributed by atoms with Gasteiger partial charge in [-0.3, -0.25) is 23.9 Å². The Bertz CT molecular complexity index is 1090. The topological polar surface area (TPSA) is 163 Å². The summed E-state index contributed by atoms with van der Waals surface area (Å²) in [5.74, 6) is -3.17. The van der Waals surface area contributed by atoms with Crippen LogP contribution in [0.2, 0.25) is 0 Å². The number of rotatable bonds is 12. The molecular formula is C22H26N2O10. The van der Waals surface area contributed by atoms with E-state index in [1.807, 2.05) is 0 Å². The monoisotopic (exact) mass is 478 g/mol. The highest BCUT2D eigenvalue weighted by atomic mass is 16.6. The lowest BCUT2D eigenvalue weighted by Gasteiger charge is -2.24. The van der Waals surface area contributed by atoms with E-state index in [-0.39, 0.29) is 19.8 Å². The Kier molecular flexibility index (Phi) is 9.27. The molecule has 0 bridgehead atoms. The Balaban J connectivity index is 1.97. The summed E-state index contributed by atoms with van der Waals surface area (Å²) >= 11 is 0. The third kappa shape index (κ3) is 7.12. The van der Waals surface area contributed by atoms with Crippen LogP contribution in [0.5, 0.6) is 0 Å². The van der Waals surface area contributed by atoms with Gasteiger partial charge in [0.25, 0.3) is 5.56 Å². The summed E-state index contributed by atoms with van der Waals surface area (Å²) in [7, 11) is 0. The quantitative estimate of drug-likeness (QED) is 0.234. The molecule has 0 radical (unpaired) electrons. The molecule has 1 aliphatic rings. The van der Waals surface area contributed by atoms with E-state index in [9.17, 15) is 29.1 Å². The molecule has 2 N–H and O–H groups in total. The summed E-state index contributed by atoms with van der Waals surface area (Å²) in [6, 6.07) is 0. The highest BCUT2D eigenvalue weighted by Gasteiger charge is 2.43. The van der Waals surface area contributed by atoms with E-state index < -0.39 is 59.9 Å². The van der Waals surface area contributed by atoms with Gasteiger partial charge in [-0.1, -0.05) is 31.4 Å². The van der Waals surface area contributed by atoms with E-state index in [2.05, 4.69) is 18.1 Å². The van der Waals surface area contributed by atoms with Gasteiger partial charge in [0, 0.05) is 11.8 Å².